The van der Waals surface area contributed by atoms with Crippen LogP contribution in [0, 0.1) is 0 Å². The summed E-state index contributed by atoms with van der Waals surface area (Å²) in [6.07, 6.45) is 1.73. The first-order chi connectivity index (χ1) is 9.44. The standard InChI is InChI=1S/C14H15NO4S/c1-2-13(14(16)17)20(18,19)9-10-5-6-12-11(8-10)4-3-7-15-12/h3-8,13H,2,9H2,1H3,(H,16,17). The Bertz CT molecular complexity index is 740. The van der Waals surface area contributed by atoms with Crippen molar-refractivity contribution in [3.05, 3.63) is 42.1 Å². The number of hydrogen-bond acceptors (Lipinski definition) is 4. The molecule has 0 bridgehead atoms. The van der Waals surface area contributed by atoms with Crippen molar-refractivity contribution in [3.8, 4) is 0 Å². The second-order valence-electron chi connectivity index (χ2n) is 4.57. The molecule has 1 aromatic carbocycles. The zero-order valence-corrected chi connectivity index (χ0v) is 11.8. The Hall–Kier alpha value is -1.95. The third-order valence-corrected chi connectivity index (χ3v) is 5.25. The summed E-state index contributed by atoms with van der Waals surface area (Å²) >= 11 is 0. The molecule has 5 nitrogen and oxygen atoms in total. The lowest BCUT2D eigenvalue weighted by Gasteiger charge is -2.11. The zero-order valence-electron chi connectivity index (χ0n) is 11.0. The fourth-order valence-electron chi connectivity index (χ4n) is 2.13. The predicted molar refractivity (Wildman–Crippen MR) is 76.1 cm³/mol. The highest BCUT2D eigenvalue weighted by molar-refractivity contribution is 7.92. The van der Waals surface area contributed by atoms with Crippen LogP contribution in [0.15, 0.2) is 36.5 Å². The van der Waals surface area contributed by atoms with Crippen LogP contribution in [0.25, 0.3) is 10.9 Å². The van der Waals surface area contributed by atoms with Gasteiger partial charge in [-0.25, -0.2) is 8.42 Å². The number of fused-ring (bicyclic) bond motifs is 1. The van der Waals surface area contributed by atoms with Crippen molar-refractivity contribution in [1.82, 2.24) is 4.98 Å². The minimum absolute atomic E-state index is 0.0623. The van der Waals surface area contributed by atoms with Crippen molar-refractivity contribution in [1.29, 1.82) is 0 Å². The molecule has 6 heteroatoms. The van der Waals surface area contributed by atoms with Gasteiger partial charge in [-0.2, -0.15) is 0 Å². The molecule has 1 unspecified atom stereocenters. The van der Waals surface area contributed by atoms with Crippen molar-refractivity contribution in [2.75, 3.05) is 0 Å². The first-order valence-corrected chi connectivity index (χ1v) is 7.93. The van der Waals surface area contributed by atoms with E-state index in [1.807, 2.05) is 6.07 Å². The maximum absolute atomic E-state index is 12.1. The van der Waals surface area contributed by atoms with Gasteiger partial charge in [0, 0.05) is 11.6 Å². The van der Waals surface area contributed by atoms with E-state index in [-0.39, 0.29) is 12.2 Å². The number of aromatic nitrogens is 1. The maximum atomic E-state index is 12.1. The van der Waals surface area contributed by atoms with Gasteiger partial charge >= 0.3 is 5.97 Å². The molecule has 0 radical (unpaired) electrons. The molecule has 0 saturated carbocycles. The summed E-state index contributed by atoms with van der Waals surface area (Å²) in [5, 5.41) is 8.45. The van der Waals surface area contributed by atoms with E-state index in [2.05, 4.69) is 4.98 Å². The topological polar surface area (TPSA) is 84.3 Å². The molecule has 0 saturated heterocycles. The van der Waals surface area contributed by atoms with E-state index >= 15 is 0 Å². The third-order valence-electron chi connectivity index (χ3n) is 3.11. The average molecular weight is 293 g/mol. The number of hydrogen-bond donors (Lipinski definition) is 1. The normalized spacial score (nSPS) is 13.2. The van der Waals surface area contributed by atoms with Gasteiger partial charge in [0.05, 0.1) is 11.3 Å². The molecule has 2 aromatic rings. The van der Waals surface area contributed by atoms with E-state index in [4.69, 9.17) is 5.11 Å². The van der Waals surface area contributed by atoms with Crippen LogP contribution >= 0.6 is 0 Å². The number of nitrogens with zero attached hydrogens (tertiary/aromatic N) is 1. The molecule has 0 aliphatic rings. The molecule has 1 N–H and O–H groups in total. The summed E-state index contributed by atoms with van der Waals surface area (Å²) in [6, 6.07) is 8.75. The Morgan fingerprint density at radius 1 is 1.35 bits per heavy atom. The Morgan fingerprint density at radius 2 is 2.10 bits per heavy atom. The minimum Gasteiger partial charge on any atom is -0.480 e. The second-order valence-corrected chi connectivity index (χ2v) is 6.76. The van der Waals surface area contributed by atoms with Crippen LogP contribution in [0.2, 0.25) is 0 Å². The fraction of sp³-hybridized carbons (Fsp3) is 0.286. The van der Waals surface area contributed by atoms with Gasteiger partial charge in [-0.05, 0) is 30.2 Å². The monoisotopic (exact) mass is 293 g/mol. The highest BCUT2D eigenvalue weighted by Crippen LogP contribution is 2.18. The van der Waals surface area contributed by atoms with E-state index in [1.54, 1.807) is 37.4 Å². The highest BCUT2D eigenvalue weighted by Gasteiger charge is 2.30. The number of pyridine rings is 1. The van der Waals surface area contributed by atoms with Crippen LogP contribution in [0.5, 0.6) is 0 Å². The summed E-state index contributed by atoms with van der Waals surface area (Å²) in [7, 11) is -3.71. The molecule has 1 atom stereocenters. The van der Waals surface area contributed by atoms with Gasteiger partial charge < -0.3 is 5.11 Å². The summed E-state index contributed by atoms with van der Waals surface area (Å²) < 4.78 is 24.2. The van der Waals surface area contributed by atoms with E-state index in [9.17, 15) is 13.2 Å². The molecule has 0 fully saturated rings. The third kappa shape index (κ3) is 2.96. The number of benzene rings is 1. The first-order valence-electron chi connectivity index (χ1n) is 6.22. The van der Waals surface area contributed by atoms with Gasteiger partial charge in [0.25, 0.3) is 0 Å². The number of carboxylic acid groups (broad SMARTS) is 1. The summed E-state index contributed by atoms with van der Waals surface area (Å²) in [6.45, 7) is 1.56. The number of carbonyl (C=O) groups is 1. The molecule has 2 rings (SSSR count). The number of carboxylic acids is 1. The van der Waals surface area contributed by atoms with Crippen LogP contribution in [-0.4, -0.2) is 29.7 Å². The van der Waals surface area contributed by atoms with Gasteiger partial charge in [-0.15, -0.1) is 0 Å². The fourth-order valence-corrected chi connectivity index (χ4v) is 3.79. The van der Waals surface area contributed by atoms with Crippen LogP contribution in [0.3, 0.4) is 0 Å². The Morgan fingerprint density at radius 3 is 2.75 bits per heavy atom. The number of sulfone groups is 1. The van der Waals surface area contributed by atoms with Crippen molar-refractivity contribution < 1.29 is 18.3 Å². The quantitative estimate of drug-likeness (QED) is 0.911. The van der Waals surface area contributed by atoms with Crippen molar-refractivity contribution >= 4 is 26.7 Å². The maximum Gasteiger partial charge on any atom is 0.321 e. The molecular weight excluding hydrogens is 278 g/mol. The van der Waals surface area contributed by atoms with E-state index in [0.29, 0.717) is 5.56 Å². The van der Waals surface area contributed by atoms with Crippen LogP contribution in [-0.2, 0) is 20.4 Å². The van der Waals surface area contributed by atoms with Crippen LogP contribution < -0.4 is 0 Å². The number of aliphatic carboxylic acids is 1. The lowest BCUT2D eigenvalue weighted by atomic mass is 10.1. The molecule has 20 heavy (non-hydrogen) atoms. The van der Waals surface area contributed by atoms with Gasteiger partial charge in [0.1, 0.15) is 0 Å². The molecule has 1 heterocycles. The van der Waals surface area contributed by atoms with Crippen LogP contribution in [0.1, 0.15) is 18.9 Å². The highest BCUT2D eigenvalue weighted by atomic mass is 32.2. The SMILES string of the molecule is CCC(C(=O)O)S(=O)(=O)Cc1ccc2ncccc2c1. The molecule has 0 aliphatic heterocycles. The number of rotatable bonds is 5. The molecule has 0 aliphatic carbocycles. The zero-order chi connectivity index (χ0) is 14.8. The molecule has 1 aromatic heterocycles. The Labute approximate surface area is 117 Å². The Kier molecular flexibility index (Phi) is 4.04. The van der Waals surface area contributed by atoms with E-state index < -0.39 is 21.1 Å². The second kappa shape index (κ2) is 5.58. The van der Waals surface area contributed by atoms with E-state index in [0.717, 1.165) is 10.9 Å². The lowest BCUT2D eigenvalue weighted by molar-refractivity contribution is -0.136. The summed E-state index contributed by atoms with van der Waals surface area (Å²) in [5.74, 6) is -1.57. The smallest absolute Gasteiger partial charge is 0.321 e. The Balaban J connectivity index is 2.33. The summed E-state index contributed by atoms with van der Waals surface area (Å²) in [4.78, 5) is 15.1. The largest absolute Gasteiger partial charge is 0.480 e. The van der Waals surface area contributed by atoms with Gasteiger partial charge in [-0.1, -0.05) is 19.1 Å². The average Bonchev–Trinajstić information content (AvgIpc) is 2.38. The van der Waals surface area contributed by atoms with Gasteiger partial charge in [0.2, 0.25) is 0 Å². The van der Waals surface area contributed by atoms with E-state index in [1.165, 1.54) is 0 Å². The molecular formula is C14H15NO4S. The lowest BCUT2D eigenvalue weighted by Crippen LogP contribution is -2.30. The van der Waals surface area contributed by atoms with Crippen molar-refractivity contribution in [2.45, 2.75) is 24.3 Å². The molecule has 0 spiro atoms. The predicted octanol–water partition coefficient (Wildman–Crippen LogP) is 2.01. The van der Waals surface area contributed by atoms with Gasteiger partial charge in [-0.3, -0.25) is 9.78 Å². The minimum atomic E-state index is -3.71. The summed E-state index contributed by atoms with van der Waals surface area (Å²) in [5.41, 5.74) is 1.35. The molecule has 106 valence electrons. The van der Waals surface area contributed by atoms with Gasteiger partial charge in [0.15, 0.2) is 15.1 Å². The molecule has 0 amide bonds. The first kappa shape index (κ1) is 14.5. The van der Waals surface area contributed by atoms with Crippen molar-refractivity contribution in [2.24, 2.45) is 0 Å². The van der Waals surface area contributed by atoms with Crippen LogP contribution in [0.4, 0.5) is 0 Å². The van der Waals surface area contributed by atoms with Crippen molar-refractivity contribution in [3.63, 3.8) is 0 Å².